The lowest BCUT2D eigenvalue weighted by Gasteiger charge is -2.30. The van der Waals surface area contributed by atoms with Gasteiger partial charge >= 0.3 is 5.97 Å². The first kappa shape index (κ1) is 14.8. The summed E-state index contributed by atoms with van der Waals surface area (Å²) in [6.45, 7) is 5.32. The third kappa shape index (κ3) is 4.77. The third-order valence-corrected chi connectivity index (χ3v) is 4.38. The van der Waals surface area contributed by atoms with E-state index in [-0.39, 0.29) is 11.9 Å². The minimum Gasteiger partial charge on any atom is -0.466 e. The Morgan fingerprint density at radius 2 is 1.84 bits per heavy atom. The van der Waals surface area contributed by atoms with Gasteiger partial charge in [0.1, 0.15) is 0 Å². The van der Waals surface area contributed by atoms with Crippen LogP contribution in [0.3, 0.4) is 0 Å². The summed E-state index contributed by atoms with van der Waals surface area (Å²) in [6.07, 6.45) is 6.53. The number of carbonyl (C=O) groups excluding carboxylic acids is 1. The van der Waals surface area contributed by atoms with Crippen LogP contribution in [0, 0.1) is 11.8 Å². The van der Waals surface area contributed by atoms with Crippen LogP contribution in [0.15, 0.2) is 0 Å². The number of hydrogen-bond acceptors (Lipinski definition) is 4. The molecule has 0 radical (unpaired) electrons. The molecule has 2 aliphatic rings. The van der Waals surface area contributed by atoms with Crippen LogP contribution >= 0.6 is 0 Å². The lowest BCUT2D eigenvalue weighted by Crippen LogP contribution is -2.39. The summed E-state index contributed by atoms with van der Waals surface area (Å²) in [6, 6.07) is 0.591. The van der Waals surface area contributed by atoms with Crippen molar-refractivity contribution in [1.82, 2.24) is 5.32 Å². The summed E-state index contributed by atoms with van der Waals surface area (Å²) in [7, 11) is 0. The molecule has 0 bridgehead atoms. The number of carbonyl (C=O) groups is 1. The summed E-state index contributed by atoms with van der Waals surface area (Å²) in [5, 5.41) is 3.68. The Hall–Kier alpha value is -0.610. The first-order valence-electron chi connectivity index (χ1n) is 7.77. The molecule has 1 heterocycles. The molecule has 1 aliphatic heterocycles. The van der Waals surface area contributed by atoms with Gasteiger partial charge in [-0.2, -0.15) is 0 Å². The van der Waals surface area contributed by atoms with Gasteiger partial charge in [0.15, 0.2) is 0 Å². The van der Waals surface area contributed by atoms with Gasteiger partial charge in [0.2, 0.25) is 0 Å². The van der Waals surface area contributed by atoms with Crippen molar-refractivity contribution in [1.29, 1.82) is 0 Å². The molecule has 0 spiro atoms. The van der Waals surface area contributed by atoms with Crippen molar-refractivity contribution in [3.8, 4) is 0 Å². The lowest BCUT2D eigenvalue weighted by atomic mass is 9.85. The summed E-state index contributed by atoms with van der Waals surface area (Å²) < 4.78 is 10.5. The molecule has 0 amide bonds. The summed E-state index contributed by atoms with van der Waals surface area (Å²) in [4.78, 5) is 11.7. The van der Waals surface area contributed by atoms with E-state index in [4.69, 9.17) is 9.47 Å². The molecule has 2 rings (SSSR count). The molecular weight excluding hydrogens is 242 g/mol. The van der Waals surface area contributed by atoms with E-state index >= 15 is 0 Å². The molecule has 110 valence electrons. The molecule has 0 aromatic carbocycles. The predicted molar refractivity (Wildman–Crippen MR) is 73.9 cm³/mol. The molecular formula is C15H27NO3. The number of hydrogen-bond donors (Lipinski definition) is 1. The van der Waals surface area contributed by atoms with Crippen LogP contribution in [-0.4, -0.2) is 38.4 Å². The maximum absolute atomic E-state index is 11.7. The number of esters is 1. The molecule has 0 aromatic heterocycles. The smallest absolute Gasteiger partial charge is 0.308 e. The lowest BCUT2D eigenvalue weighted by molar-refractivity contribution is -0.149. The van der Waals surface area contributed by atoms with Crippen LogP contribution in [0.5, 0.6) is 0 Å². The van der Waals surface area contributed by atoms with Crippen LogP contribution < -0.4 is 5.32 Å². The monoisotopic (exact) mass is 269 g/mol. The number of ether oxygens (including phenoxy) is 2. The Morgan fingerprint density at radius 1 is 1.16 bits per heavy atom. The molecule has 19 heavy (non-hydrogen) atoms. The van der Waals surface area contributed by atoms with E-state index in [0.29, 0.717) is 12.6 Å². The van der Waals surface area contributed by atoms with Gasteiger partial charge in [0, 0.05) is 19.3 Å². The topological polar surface area (TPSA) is 47.6 Å². The van der Waals surface area contributed by atoms with Crippen molar-refractivity contribution in [2.24, 2.45) is 11.8 Å². The Balaban J connectivity index is 1.61. The first-order valence-corrected chi connectivity index (χ1v) is 7.77. The van der Waals surface area contributed by atoms with E-state index in [1.807, 2.05) is 6.92 Å². The second-order valence-corrected chi connectivity index (χ2v) is 5.76. The molecule has 4 heteroatoms. The van der Waals surface area contributed by atoms with E-state index in [1.54, 1.807) is 0 Å². The van der Waals surface area contributed by atoms with Gasteiger partial charge in [-0.15, -0.1) is 0 Å². The Bertz CT molecular complexity index is 269. The highest BCUT2D eigenvalue weighted by atomic mass is 16.5. The van der Waals surface area contributed by atoms with Gasteiger partial charge in [0.05, 0.1) is 12.5 Å². The average molecular weight is 269 g/mol. The minimum absolute atomic E-state index is 0.00498. The molecule has 1 N–H and O–H groups in total. The van der Waals surface area contributed by atoms with Gasteiger partial charge in [-0.1, -0.05) is 0 Å². The average Bonchev–Trinajstić information content (AvgIpc) is 2.47. The molecule has 1 saturated carbocycles. The molecule has 1 aliphatic carbocycles. The quantitative estimate of drug-likeness (QED) is 0.777. The highest BCUT2D eigenvalue weighted by Crippen LogP contribution is 2.26. The van der Waals surface area contributed by atoms with Crippen LogP contribution in [0.25, 0.3) is 0 Å². The van der Waals surface area contributed by atoms with Gasteiger partial charge in [0.25, 0.3) is 0 Å². The van der Waals surface area contributed by atoms with Crippen molar-refractivity contribution in [3.63, 3.8) is 0 Å². The van der Waals surface area contributed by atoms with Crippen molar-refractivity contribution < 1.29 is 14.3 Å². The standard InChI is InChI=1S/C15H27NO3/c1-2-19-15(17)13-3-5-14(6-4-13)16-11-12-7-9-18-10-8-12/h12-14,16H,2-11H2,1H3. The van der Waals surface area contributed by atoms with E-state index in [0.717, 1.165) is 51.4 Å². The Morgan fingerprint density at radius 3 is 2.47 bits per heavy atom. The molecule has 0 atom stereocenters. The van der Waals surface area contributed by atoms with Crippen LogP contribution in [-0.2, 0) is 14.3 Å². The fourth-order valence-electron chi connectivity index (χ4n) is 3.08. The SMILES string of the molecule is CCOC(=O)C1CCC(NCC2CCOCC2)CC1. The number of nitrogens with one attached hydrogen (secondary N) is 1. The van der Waals surface area contributed by atoms with E-state index in [9.17, 15) is 4.79 Å². The first-order chi connectivity index (χ1) is 9.29. The van der Waals surface area contributed by atoms with Crippen molar-refractivity contribution >= 4 is 5.97 Å². The molecule has 2 fully saturated rings. The fourth-order valence-corrected chi connectivity index (χ4v) is 3.08. The van der Waals surface area contributed by atoms with Gasteiger partial charge < -0.3 is 14.8 Å². The largest absolute Gasteiger partial charge is 0.466 e. The third-order valence-electron chi connectivity index (χ3n) is 4.38. The van der Waals surface area contributed by atoms with Crippen LogP contribution in [0.2, 0.25) is 0 Å². The van der Waals surface area contributed by atoms with Crippen molar-refractivity contribution in [2.75, 3.05) is 26.4 Å². The molecule has 0 aromatic rings. The van der Waals surface area contributed by atoms with Crippen molar-refractivity contribution in [3.05, 3.63) is 0 Å². The van der Waals surface area contributed by atoms with Gasteiger partial charge in [-0.05, 0) is 57.9 Å². The molecule has 1 saturated heterocycles. The maximum Gasteiger partial charge on any atom is 0.308 e. The van der Waals surface area contributed by atoms with Crippen LogP contribution in [0.4, 0.5) is 0 Å². The Kier molecular flexibility index (Phi) is 6.11. The van der Waals surface area contributed by atoms with Crippen LogP contribution in [0.1, 0.15) is 45.4 Å². The Labute approximate surface area is 116 Å². The fraction of sp³-hybridized carbons (Fsp3) is 0.933. The zero-order valence-electron chi connectivity index (χ0n) is 12.0. The highest BCUT2D eigenvalue weighted by molar-refractivity contribution is 5.72. The van der Waals surface area contributed by atoms with E-state index in [1.165, 1.54) is 12.8 Å². The zero-order chi connectivity index (χ0) is 13.5. The maximum atomic E-state index is 11.7. The van der Waals surface area contributed by atoms with E-state index < -0.39 is 0 Å². The van der Waals surface area contributed by atoms with Crippen molar-refractivity contribution in [2.45, 2.75) is 51.5 Å². The highest BCUT2D eigenvalue weighted by Gasteiger charge is 2.27. The predicted octanol–water partition coefficient (Wildman–Crippen LogP) is 2.12. The van der Waals surface area contributed by atoms with E-state index in [2.05, 4.69) is 5.32 Å². The second-order valence-electron chi connectivity index (χ2n) is 5.76. The molecule has 0 unspecified atom stereocenters. The van der Waals surface area contributed by atoms with Gasteiger partial charge in [-0.3, -0.25) is 4.79 Å². The minimum atomic E-state index is 0.00498. The normalized spacial score (nSPS) is 29.1. The zero-order valence-corrected chi connectivity index (χ0v) is 12.0. The second kappa shape index (κ2) is 7.85. The summed E-state index contributed by atoms with van der Waals surface area (Å²) in [5.41, 5.74) is 0. The number of rotatable bonds is 5. The van der Waals surface area contributed by atoms with Gasteiger partial charge in [-0.25, -0.2) is 0 Å². The summed E-state index contributed by atoms with van der Waals surface area (Å²) >= 11 is 0. The molecule has 4 nitrogen and oxygen atoms in total. The summed E-state index contributed by atoms with van der Waals surface area (Å²) in [5.74, 6) is 0.919.